The first-order valence-corrected chi connectivity index (χ1v) is 9.84. The maximum absolute atomic E-state index is 14.7. The number of halogens is 1. The number of nitrogens with zero attached hydrogens (tertiary/aromatic N) is 3. The summed E-state index contributed by atoms with van der Waals surface area (Å²) in [6.07, 6.45) is 3.00. The van der Waals surface area contributed by atoms with E-state index in [1.807, 2.05) is 11.8 Å². The summed E-state index contributed by atoms with van der Waals surface area (Å²) in [5.74, 6) is -0.414. The molecule has 0 saturated carbocycles. The molecule has 0 unspecified atom stereocenters. The third-order valence-corrected chi connectivity index (χ3v) is 5.77. The van der Waals surface area contributed by atoms with E-state index < -0.39 is 0 Å². The molecule has 2 aliphatic rings. The molecule has 26 heavy (non-hydrogen) atoms. The zero-order chi connectivity index (χ0) is 18.7. The van der Waals surface area contributed by atoms with Crippen LogP contribution in [0.5, 0.6) is 0 Å². The van der Waals surface area contributed by atoms with E-state index >= 15 is 0 Å². The lowest BCUT2D eigenvalue weighted by atomic mass is 9.96. The maximum atomic E-state index is 14.7. The minimum Gasteiger partial charge on any atom is -0.367 e. The number of carbonyl (C=O) groups excluding carboxylic acids is 1. The summed E-state index contributed by atoms with van der Waals surface area (Å²) >= 11 is 0. The van der Waals surface area contributed by atoms with Gasteiger partial charge in [0, 0.05) is 50.4 Å². The van der Waals surface area contributed by atoms with Crippen LogP contribution in [0.1, 0.15) is 43.5 Å². The lowest BCUT2D eigenvalue weighted by molar-refractivity contribution is 0.0583. The van der Waals surface area contributed by atoms with Gasteiger partial charge in [-0.25, -0.2) is 4.39 Å². The average molecular weight is 362 g/mol. The topological polar surface area (TPSA) is 52.8 Å². The van der Waals surface area contributed by atoms with Gasteiger partial charge in [0.2, 0.25) is 0 Å². The molecule has 2 saturated heterocycles. The number of benzene rings is 1. The van der Waals surface area contributed by atoms with Crippen molar-refractivity contribution in [3.63, 3.8) is 0 Å². The number of nitrogens with two attached hydrogens (primary N) is 1. The minimum atomic E-state index is -0.310. The number of piperidine rings is 1. The summed E-state index contributed by atoms with van der Waals surface area (Å²) < 4.78 is 14.7. The highest BCUT2D eigenvalue weighted by Crippen LogP contribution is 2.25. The fourth-order valence-electron chi connectivity index (χ4n) is 4.12. The molecule has 1 amide bonds. The van der Waals surface area contributed by atoms with E-state index in [1.54, 1.807) is 12.1 Å². The normalized spacial score (nSPS) is 23.2. The van der Waals surface area contributed by atoms with Gasteiger partial charge in [-0.2, -0.15) is 0 Å². The number of piperazine rings is 1. The van der Waals surface area contributed by atoms with Crippen molar-refractivity contribution in [3.05, 3.63) is 29.6 Å². The number of amides is 1. The first-order chi connectivity index (χ1) is 12.5. The second-order valence-corrected chi connectivity index (χ2v) is 7.51. The first kappa shape index (κ1) is 19.1. The molecule has 2 fully saturated rings. The van der Waals surface area contributed by atoms with Crippen molar-refractivity contribution in [1.82, 2.24) is 9.80 Å². The molecule has 144 valence electrons. The van der Waals surface area contributed by atoms with Gasteiger partial charge < -0.3 is 20.4 Å². The Hall–Kier alpha value is -1.66. The number of carbonyl (C=O) groups is 1. The fourth-order valence-corrected chi connectivity index (χ4v) is 4.12. The second kappa shape index (κ2) is 8.35. The van der Waals surface area contributed by atoms with Gasteiger partial charge >= 0.3 is 0 Å². The molecule has 2 aliphatic heterocycles. The van der Waals surface area contributed by atoms with Gasteiger partial charge in [0.1, 0.15) is 5.82 Å². The van der Waals surface area contributed by atoms with Crippen LogP contribution >= 0.6 is 0 Å². The van der Waals surface area contributed by atoms with Gasteiger partial charge in [-0.15, -0.1) is 0 Å². The largest absolute Gasteiger partial charge is 0.367 e. The van der Waals surface area contributed by atoms with Gasteiger partial charge in [-0.3, -0.25) is 4.79 Å². The molecule has 0 aliphatic carbocycles. The number of anilines is 1. The number of likely N-dealkylation sites (N-methyl/N-ethyl adjacent to an activating group) is 1. The molecule has 2 atom stereocenters. The molecule has 1 aromatic rings. The number of hydrogen-bond acceptors (Lipinski definition) is 4. The van der Waals surface area contributed by atoms with Crippen LogP contribution in [0, 0.1) is 5.82 Å². The van der Waals surface area contributed by atoms with E-state index in [9.17, 15) is 9.18 Å². The highest BCUT2D eigenvalue weighted by molar-refractivity contribution is 5.95. The molecule has 2 N–H and O–H groups in total. The highest BCUT2D eigenvalue weighted by atomic mass is 19.1. The van der Waals surface area contributed by atoms with E-state index in [1.165, 1.54) is 6.07 Å². The van der Waals surface area contributed by atoms with Crippen molar-refractivity contribution in [3.8, 4) is 0 Å². The van der Waals surface area contributed by atoms with E-state index in [2.05, 4.69) is 16.7 Å². The lowest BCUT2D eigenvalue weighted by Crippen LogP contribution is -2.51. The monoisotopic (exact) mass is 362 g/mol. The smallest absolute Gasteiger partial charge is 0.254 e. The van der Waals surface area contributed by atoms with Crippen molar-refractivity contribution >= 4 is 11.6 Å². The van der Waals surface area contributed by atoms with Crippen molar-refractivity contribution in [1.29, 1.82) is 0 Å². The molecule has 0 bridgehead atoms. The summed E-state index contributed by atoms with van der Waals surface area (Å²) in [5, 5.41) is 0. The summed E-state index contributed by atoms with van der Waals surface area (Å²) in [6, 6.07) is 4.89. The summed E-state index contributed by atoms with van der Waals surface area (Å²) in [5.41, 5.74) is 7.09. The maximum Gasteiger partial charge on any atom is 0.254 e. The third kappa shape index (κ3) is 4.01. The molecular formula is C20H31FN4O. The fraction of sp³-hybridized carbons (Fsp3) is 0.650. The van der Waals surface area contributed by atoms with Crippen LogP contribution in [0.25, 0.3) is 0 Å². The minimum absolute atomic E-state index is 0.0427. The Kier molecular flexibility index (Phi) is 6.14. The highest BCUT2D eigenvalue weighted by Gasteiger charge is 2.30. The van der Waals surface area contributed by atoms with Crippen LogP contribution in [-0.2, 0) is 0 Å². The molecule has 0 spiro atoms. The molecule has 5 nitrogen and oxygen atoms in total. The Morgan fingerprint density at radius 2 is 1.96 bits per heavy atom. The van der Waals surface area contributed by atoms with Gasteiger partial charge in [0.05, 0.1) is 5.69 Å². The molecule has 2 heterocycles. The van der Waals surface area contributed by atoms with Gasteiger partial charge in [0.25, 0.3) is 5.91 Å². The number of rotatable bonds is 4. The van der Waals surface area contributed by atoms with Gasteiger partial charge in [-0.1, -0.05) is 6.92 Å². The Morgan fingerprint density at radius 3 is 2.58 bits per heavy atom. The van der Waals surface area contributed by atoms with Crippen LogP contribution in [-0.4, -0.2) is 67.1 Å². The van der Waals surface area contributed by atoms with Gasteiger partial charge in [-0.05, 0) is 50.9 Å². The van der Waals surface area contributed by atoms with Crippen LogP contribution < -0.4 is 10.6 Å². The molecule has 6 heteroatoms. The summed E-state index contributed by atoms with van der Waals surface area (Å²) in [6.45, 7) is 9.34. The molecular weight excluding hydrogens is 331 g/mol. The van der Waals surface area contributed by atoms with Crippen LogP contribution in [0.4, 0.5) is 10.1 Å². The standard InChI is InChI=1S/C20H31FN4O/c1-3-23-10-12-24(13-11-23)19-8-7-16(14-17(19)21)20(26)25-9-5-4-6-18(25)15(2)22/h7-8,14-15,18H,3-6,9-13,22H2,1-2H3/t15-,18-/m1/s1. The van der Waals surface area contributed by atoms with E-state index in [0.29, 0.717) is 17.8 Å². The second-order valence-electron chi connectivity index (χ2n) is 7.51. The predicted molar refractivity (Wildman–Crippen MR) is 103 cm³/mol. The van der Waals surface area contributed by atoms with Crippen molar-refractivity contribution < 1.29 is 9.18 Å². The molecule has 0 aromatic heterocycles. The SMILES string of the molecule is CCN1CCN(c2ccc(C(=O)N3CCCC[C@@H]3[C@@H](C)N)cc2F)CC1. The third-order valence-electron chi connectivity index (χ3n) is 5.77. The Bertz CT molecular complexity index is 628. The Morgan fingerprint density at radius 1 is 1.23 bits per heavy atom. The quantitative estimate of drug-likeness (QED) is 0.893. The van der Waals surface area contributed by atoms with E-state index in [-0.39, 0.29) is 23.8 Å². The predicted octanol–water partition coefficient (Wildman–Crippen LogP) is 2.31. The number of hydrogen-bond donors (Lipinski definition) is 1. The van der Waals surface area contributed by atoms with Gasteiger partial charge in [0.15, 0.2) is 0 Å². The first-order valence-electron chi connectivity index (χ1n) is 9.84. The summed E-state index contributed by atoms with van der Waals surface area (Å²) in [7, 11) is 0. The Balaban J connectivity index is 1.73. The molecule has 1 aromatic carbocycles. The van der Waals surface area contributed by atoms with Crippen LogP contribution in [0.15, 0.2) is 18.2 Å². The zero-order valence-corrected chi connectivity index (χ0v) is 16.0. The Labute approximate surface area is 155 Å². The van der Waals surface area contributed by atoms with Crippen LogP contribution in [0.3, 0.4) is 0 Å². The molecule has 3 rings (SSSR count). The van der Waals surface area contributed by atoms with Crippen molar-refractivity contribution in [2.45, 2.75) is 45.2 Å². The van der Waals surface area contributed by atoms with Crippen molar-refractivity contribution in [2.24, 2.45) is 5.73 Å². The van der Waals surface area contributed by atoms with Crippen molar-refractivity contribution in [2.75, 3.05) is 44.2 Å². The van der Waals surface area contributed by atoms with E-state index in [0.717, 1.165) is 52.0 Å². The summed E-state index contributed by atoms with van der Waals surface area (Å²) in [4.78, 5) is 19.2. The number of likely N-dealkylation sites (tertiary alicyclic amines) is 1. The van der Waals surface area contributed by atoms with Crippen LogP contribution in [0.2, 0.25) is 0 Å². The lowest BCUT2D eigenvalue weighted by Gasteiger charge is -2.38. The van der Waals surface area contributed by atoms with E-state index in [4.69, 9.17) is 5.73 Å². The zero-order valence-electron chi connectivity index (χ0n) is 16.0. The average Bonchev–Trinajstić information content (AvgIpc) is 2.67. The molecule has 0 radical (unpaired) electrons.